The van der Waals surface area contributed by atoms with E-state index < -0.39 is 17.4 Å². The number of carbonyl (C=O) groups excluding carboxylic acids is 1. The Morgan fingerprint density at radius 2 is 1.78 bits per heavy atom. The third-order valence-electron chi connectivity index (χ3n) is 2.42. The van der Waals surface area contributed by atoms with E-state index in [2.05, 4.69) is 15.9 Å². The summed E-state index contributed by atoms with van der Waals surface area (Å²) in [5.41, 5.74) is 6.49. The second kappa shape index (κ2) is 4.86. The highest BCUT2D eigenvalue weighted by Gasteiger charge is 2.14. The van der Waals surface area contributed by atoms with Crippen LogP contribution in [0.5, 0.6) is 0 Å². The van der Waals surface area contributed by atoms with Gasteiger partial charge in [-0.15, -0.1) is 0 Å². The van der Waals surface area contributed by atoms with Gasteiger partial charge < -0.3 is 5.73 Å². The van der Waals surface area contributed by atoms with Gasteiger partial charge in [0.15, 0.2) is 17.4 Å². The highest BCUT2D eigenvalue weighted by atomic mass is 79.9. The molecule has 2 aromatic carbocycles. The van der Waals surface area contributed by atoms with Crippen LogP contribution in [0.25, 0.3) is 0 Å². The number of rotatable bonds is 2. The van der Waals surface area contributed by atoms with E-state index in [1.807, 2.05) is 0 Å². The smallest absolute Gasteiger partial charge is 0.194 e. The fourth-order valence-electron chi connectivity index (χ4n) is 1.51. The van der Waals surface area contributed by atoms with Gasteiger partial charge in [0.25, 0.3) is 0 Å². The number of hydrogen-bond donors (Lipinski definition) is 1. The molecule has 0 radical (unpaired) electrons. The van der Waals surface area contributed by atoms with Gasteiger partial charge >= 0.3 is 0 Å². The number of anilines is 1. The molecule has 2 aromatic rings. The molecule has 0 fully saturated rings. The van der Waals surface area contributed by atoms with E-state index in [0.717, 1.165) is 12.1 Å². The zero-order valence-corrected chi connectivity index (χ0v) is 10.7. The van der Waals surface area contributed by atoms with Crippen LogP contribution in [0.3, 0.4) is 0 Å². The molecule has 2 N–H and O–H groups in total. The van der Waals surface area contributed by atoms with E-state index in [1.54, 1.807) is 12.1 Å². The SMILES string of the molecule is Nc1ccc(C(=O)c2ccc(F)c(F)c2)c(Br)c1. The molecule has 0 aliphatic rings. The molecule has 92 valence electrons. The number of ketones is 1. The van der Waals surface area contributed by atoms with Gasteiger partial charge in [0.2, 0.25) is 0 Å². The first-order valence-electron chi connectivity index (χ1n) is 5.04. The van der Waals surface area contributed by atoms with Crippen LogP contribution in [-0.2, 0) is 0 Å². The van der Waals surface area contributed by atoms with E-state index in [-0.39, 0.29) is 5.56 Å². The van der Waals surface area contributed by atoms with Crippen LogP contribution in [0.1, 0.15) is 15.9 Å². The van der Waals surface area contributed by atoms with Gasteiger partial charge in [0.05, 0.1) is 0 Å². The quantitative estimate of drug-likeness (QED) is 0.681. The summed E-state index contributed by atoms with van der Waals surface area (Å²) in [6.07, 6.45) is 0. The lowest BCUT2D eigenvalue weighted by molar-refractivity contribution is 0.103. The molecule has 0 aliphatic carbocycles. The van der Waals surface area contributed by atoms with E-state index in [4.69, 9.17) is 5.73 Å². The van der Waals surface area contributed by atoms with Gasteiger partial charge in [0, 0.05) is 21.3 Å². The Hall–Kier alpha value is -1.75. The maximum atomic E-state index is 13.1. The predicted molar refractivity (Wildman–Crippen MR) is 68.3 cm³/mol. The van der Waals surface area contributed by atoms with Crippen molar-refractivity contribution >= 4 is 27.4 Å². The topological polar surface area (TPSA) is 43.1 Å². The zero-order valence-electron chi connectivity index (χ0n) is 9.08. The minimum absolute atomic E-state index is 0.0828. The van der Waals surface area contributed by atoms with Crippen molar-refractivity contribution < 1.29 is 13.6 Å². The number of nitrogen functional groups attached to an aromatic ring is 1. The Morgan fingerprint density at radius 3 is 2.39 bits per heavy atom. The fourth-order valence-corrected chi connectivity index (χ4v) is 2.08. The van der Waals surface area contributed by atoms with E-state index in [9.17, 15) is 13.6 Å². The summed E-state index contributed by atoms with van der Waals surface area (Å²) in [6, 6.07) is 7.71. The summed E-state index contributed by atoms with van der Waals surface area (Å²) in [5, 5.41) is 0. The number of carbonyl (C=O) groups is 1. The third kappa shape index (κ3) is 2.41. The van der Waals surface area contributed by atoms with Crippen LogP contribution in [-0.4, -0.2) is 5.78 Å². The van der Waals surface area contributed by atoms with Crippen molar-refractivity contribution in [3.8, 4) is 0 Å². The molecule has 0 unspecified atom stereocenters. The summed E-state index contributed by atoms with van der Waals surface area (Å²) in [4.78, 5) is 12.1. The molecule has 18 heavy (non-hydrogen) atoms. The monoisotopic (exact) mass is 311 g/mol. The molecule has 0 saturated carbocycles. The minimum atomic E-state index is -1.05. The first-order chi connectivity index (χ1) is 8.49. The maximum absolute atomic E-state index is 13.1. The Morgan fingerprint density at radius 1 is 1.06 bits per heavy atom. The first kappa shape index (κ1) is 12.7. The average Bonchev–Trinajstić information content (AvgIpc) is 2.32. The van der Waals surface area contributed by atoms with Gasteiger partial charge in [0.1, 0.15) is 0 Å². The molecule has 0 aliphatic heterocycles. The van der Waals surface area contributed by atoms with E-state index >= 15 is 0 Å². The molecule has 0 amide bonds. The van der Waals surface area contributed by atoms with Crippen molar-refractivity contribution in [1.29, 1.82) is 0 Å². The second-order valence-electron chi connectivity index (χ2n) is 3.70. The molecule has 2 rings (SSSR count). The molecule has 0 heterocycles. The largest absolute Gasteiger partial charge is 0.399 e. The molecule has 0 bridgehead atoms. The van der Waals surface area contributed by atoms with Crippen LogP contribution in [0.15, 0.2) is 40.9 Å². The molecule has 0 atom stereocenters. The Balaban J connectivity index is 2.44. The molecule has 5 heteroatoms. The van der Waals surface area contributed by atoms with Crippen LogP contribution >= 0.6 is 15.9 Å². The first-order valence-corrected chi connectivity index (χ1v) is 5.83. The molecule has 0 saturated heterocycles. The Labute approximate surface area is 111 Å². The van der Waals surface area contributed by atoms with Crippen LogP contribution < -0.4 is 5.73 Å². The van der Waals surface area contributed by atoms with Crippen molar-refractivity contribution in [2.75, 3.05) is 5.73 Å². The van der Waals surface area contributed by atoms with Crippen LogP contribution in [0.2, 0.25) is 0 Å². The molecule has 0 spiro atoms. The average molecular weight is 312 g/mol. The summed E-state index contributed by atoms with van der Waals surface area (Å²) < 4.78 is 26.4. The molecular formula is C13H8BrF2NO. The van der Waals surface area contributed by atoms with Gasteiger partial charge in [-0.05, 0) is 52.3 Å². The lowest BCUT2D eigenvalue weighted by Gasteiger charge is -2.05. The van der Waals surface area contributed by atoms with E-state index in [0.29, 0.717) is 15.7 Å². The fraction of sp³-hybridized carbons (Fsp3) is 0. The van der Waals surface area contributed by atoms with Crippen molar-refractivity contribution in [2.24, 2.45) is 0 Å². The summed E-state index contributed by atoms with van der Waals surface area (Å²) in [6.45, 7) is 0. The lowest BCUT2D eigenvalue weighted by Crippen LogP contribution is -2.04. The highest BCUT2D eigenvalue weighted by molar-refractivity contribution is 9.10. The summed E-state index contributed by atoms with van der Waals surface area (Å²) in [7, 11) is 0. The standard InChI is InChI=1S/C13H8BrF2NO/c14-10-6-8(17)2-3-9(10)13(18)7-1-4-11(15)12(16)5-7/h1-6H,17H2. The zero-order chi connectivity index (χ0) is 13.3. The Bertz CT molecular complexity index is 628. The maximum Gasteiger partial charge on any atom is 0.194 e. The minimum Gasteiger partial charge on any atom is -0.399 e. The second-order valence-corrected chi connectivity index (χ2v) is 4.55. The number of halogens is 3. The van der Waals surface area contributed by atoms with Crippen LogP contribution in [0, 0.1) is 11.6 Å². The van der Waals surface area contributed by atoms with Gasteiger partial charge in [-0.25, -0.2) is 8.78 Å². The molecular weight excluding hydrogens is 304 g/mol. The van der Waals surface area contributed by atoms with E-state index in [1.165, 1.54) is 12.1 Å². The van der Waals surface area contributed by atoms with Crippen LogP contribution in [0.4, 0.5) is 14.5 Å². The van der Waals surface area contributed by atoms with Gasteiger partial charge in [-0.1, -0.05) is 0 Å². The molecule has 0 aromatic heterocycles. The van der Waals surface area contributed by atoms with Gasteiger partial charge in [-0.2, -0.15) is 0 Å². The summed E-state index contributed by atoms with van der Waals surface area (Å²) >= 11 is 3.21. The van der Waals surface area contributed by atoms with Crippen molar-refractivity contribution in [3.05, 3.63) is 63.6 Å². The van der Waals surface area contributed by atoms with Crippen molar-refractivity contribution in [2.45, 2.75) is 0 Å². The van der Waals surface area contributed by atoms with Crippen molar-refractivity contribution in [3.63, 3.8) is 0 Å². The number of nitrogens with two attached hydrogens (primary N) is 1. The normalized spacial score (nSPS) is 10.4. The predicted octanol–water partition coefficient (Wildman–Crippen LogP) is 3.54. The third-order valence-corrected chi connectivity index (χ3v) is 3.08. The Kier molecular flexibility index (Phi) is 3.43. The lowest BCUT2D eigenvalue weighted by atomic mass is 10.0. The van der Waals surface area contributed by atoms with Crippen molar-refractivity contribution in [1.82, 2.24) is 0 Å². The number of hydrogen-bond acceptors (Lipinski definition) is 2. The molecule has 2 nitrogen and oxygen atoms in total. The van der Waals surface area contributed by atoms with Gasteiger partial charge in [-0.3, -0.25) is 4.79 Å². The number of benzene rings is 2. The highest BCUT2D eigenvalue weighted by Crippen LogP contribution is 2.23. The summed E-state index contributed by atoms with van der Waals surface area (Å²) in [5.74, 6) is -2.43.